The minimum absolute atomic E-state index is 0.0399. The van der Waals surface area contributed by atoms with Crippen LogP contribution in [0.5, 0.6) is 11.5 Å². The number of esters is 1. The van der Waals surface area contributed by atoms with E-state index in [4.69, 9.17) is 9.47 Å². The quantitative estimate of drug-likeness (QED) is 0.268. The van der Waals surface area contributed by atoms with Gasteiger partial charge in [0.25, 0.3) is 5.69 Å². The molecule has 2 atom stereocenters. The summed E-state index contributed by atoms with van der Waals surface area (Å²) in [6, 6.07) is 17.3. The van der Waals surface area contributed by atoms with Crippen molar-refractivity contribution >= 4 is 33.3 Å². The number of carbonyl (C=O) groups is 1. The minimum atomic E-state index is -0.813. The average Bonchev–Trinajstić information content (AvgIpc) is 2.84. The highest BCUT2D eigenvalue weighted by molar-refractivity contribution is 9.10. The first-order valence-electron chi connectivity index (χ1n) is 10.3. The number of nitrogens with zero attached hydrogens (tertiary/aromatic N) is 2. The van der Waals surface area contributed by atoms with Gasteiger partial charge in [0, 0.05) is 21.8 Å². The molecule has 0 spiro atoms. The van der Waals surface area contributed by atoms with Crippen LogP contribution in [0.25, 0.3) is 0 Å². The van der Waals surface area contributed by atoms with E-state index in [1.54, 1.807) is 4.90 Å². The smallest absolute Gasteiger partial charge is 0.319 e. The van der Waals surface area contributed by atoms with E-state index in [1.807, 2.05) is 48.5 Å². The number of non-ortho nitro benzene ring substituents is 1. The van der Waals surface area contributed by atoms with Crippen molar-refractivity contribution in [1.82, 2.24) is 4.90 Å². The summed E-state index contributed by atoms with van der Waals surface area (Å²) in [7, 11) is 2.62. The highest BCUT2D eigenvalue weighted by Crippen LogP contribution is 2.48. The lowest BCUT2D eigenvalue weighted by Crippen LogP contribution is -2.44. The van der Waals surface area contributed by atoms with Crippen molar-refractivity contribution < 1.29 is 24.3 Å². The average molecular weight is 528 g/mol. The number of carbonyl (C=O) groups excluding carboxylic acids is 1. The Kier molecular flexibility index (Phi) is 6.71. The van der Waals surface area contributed by atoms with Gasteiger partial charge in [-0.2, -0.15) is 0 Å². The van der Waals surface area contributed by atoms with Crippen molar-refractivity contribution in [2.45, 2.75) is 12.2 Å². The molecular formula is C24H22BrN3O6. The van der Waals surface area contributed by atoms with Gasteiger partial charge >= 0.3 is 5.97 Å². The maximum atomic E-state index is 12.5. The first-order valence-corrected chi connectivity index (χ1v) is 11.1. The van der Waals surface area contributed by atoms with Crippen molar-refractivity contribution in [3.63, 3.8) is 0 Å². The number of nitrogens with one attached hydrogen (secondary N) is 1. The maximum Gasteiger partial charge on any atom is 0.319 e. The fourth-order valence-electron chi connectivity index (χ4n) is 4.19. The molecule has 0 radical (unpaired) electrons. The van der Waals surface area contributed by atoms with Crippen molar-refractivity contribution in [1.29, 1.82) is 0 Å². The Labute approximate surface area is 204 Å². The summed E-state index contributed by atoms with van der Waals surface area (Å²) in [5.74, 6) is -0.794. The zero-order valence-electron chi connectivity index (χ0n) is 18.4. The van der Waals surface area contributed by atoms with Gasteiger partial charge in [0.15, 0.2) is 11.5 Å². The molecule has 176 valence electrons. The summed E-state index contributed by atoms with van der Waals surface area (Å²) < 4.78 is 11.0. The molecule has 3 aromatic rings. The van der Waals surface area contributed by atoms with Gasteiger partial charge in [-0.3, -0.25) is 19.8 Å². The molecule has 1 aliphatic rings. The molecule has 0 saturated carbocycles. The molecule has 0 saturated heterocycles. The van der Waals surface area contributed by atoms with Gasteiger partial charge in [-0.05, 0) is 29.3 Å². The number of hydrogen-bond acceptors (Lipinski definition) is 8. The van der Waals surface area contributed by atoms with Crippen LogP contribution in [0.2, 0.25) is 0 Å². The van der Waals surface area contributed by atoms with Crippen LogP contribution in [0.1, 0.15) is 28.9 Å². The Balaban J connectivity index is 1.97. The molecule has 4 rings (SSSR count). The van der Waals surface area contributed by atoms with Gasteiger partial charge in [0.1, 0.15) is 6.17 Å². The molecule has 9 nitrogen and oxygen atoms in total. The monoisotopic (exact) mass is 527 g/mol. The van der Waals surface area contributed by atoms with Crippen LogP contribution in [-0.4, -0.2) is 41.7 Å². The Morgan fingerprint density at radius 2 is 1.88 bits per heavy atom. The van der Waals surface area contributed by atoms with Gasteiger partial charge in [0.2, 0.25) is 0 Å². The fourth-order valence-corrected chi connectivity index (χ4v) is 4.57. The number of hydrogen-bond donors (Lipinski definition) is 2. The van der Waals surface area contributed by atoms with Crippen LogP contribution in [0, 0.1) is 10.1 Å². The number of phenolic OH excluding ortho intramolecular Hbond substituents is 1. The Hall–Kier alpha value is -3.63. The van der Waals surface area contributed by atoms with Crippen molar-refractivity contribution in [2.75, 3.05) is 26.1 Å². The molecule has 0 bridgehead atoms. The first-order chi connectivity index (χ1) is 16.3. The second-order valence-corrected chi connectivity index (χ2v) is 8.60. The molecule has 0 amide bonds. The van der Waals surface area contributed by atoms with Gasteiger partial charge < -0.3 is 19.9 Å². The largest absolute Gasteiger partial charge is 0.504 e. The molecular weight excluding hydrogens is 506 g/mol. The van der Waals surface area contributed by atoms with Crippen LogP contribution in [0.3, 0.4) is 0 Å². The van der Waals surface area contributed by atoms with E-state index in [9.17, 15) is 20.0 Å². The zero-order valence-corrected chi connectivity index (χ0v) is 20.0. The van der Waals surface area contributed by atoms with Crippen molar-refractivity contribution in [3.05, 3.63) is 91.9 Å². The topological polar surface area (TPSA) is 114 Å². The van der Waals surface area contributed by atoms with E-state index in [1.165, 1.54) is 20.3 Å². The van der Waals surface area contributed by atoms with E-state index in [0.717, 1.165) is 27.4 Å². The maximum absolute atomic E-state index is 12.5. The van der Waals surface area contributed by atoms with E-state index in [-0.39, 0.29) is 29.3 Å². The summed E-state index contributed by atoms with van der Waals surface area (Å²) in [6.07, 6.45) is -0.813. The molecule has 0 fully saturated rings. The number of nitro benzene ring substituents is 1. The fraction of sp³-hybridized carbons (Fsp3) is 0.208. The third-order valence-corrected chi connectivity index (χ3v) is 6.23. The number of ether oxygens (including phenoxy) is 2. The lowest BCUT2D eigenvalue weighted by Gasteiger charge is -2.44. The normalized spacial score (nSPS) is 17.4. The predicted molar refractivity (Wildman–Crippen MR) is 129 cm³/mol. The zero-order chi connectivity index (χ0) is 24.4. The summed E-state index contributed by atoms with van der Waals surface area (Å²) in [4.78, 5) is 25.3. The minimum Gasteiger partial charge on any atom is -0.504 e. The molecule has 34 heavy (non-hydrogen) atoms. The van der Waals surface area contributed by atoms with Gasteiger partial charge in [-0.1, -0.05) is 46.3 Å². The van der Waals surface area contributed by atoms with Crippen LogP contribution < -0.4 is 10.1 Å². The molecule has 10 heteroatoms. The molecule has 3 aromatic carbocycles. The second-order valence-electron chi connectivity index (χ2n) is 7.68. The van der Waals surface area contributed by atoms with Gasteiger partial charge in [-0.15, -0.1) is 0 Å². The second kappa shape index (κ2) is 9.70. The van der Waals surface area contributed by atoms with Crippen LogP contribution in [-0.2, 0) is 9.53 Å². The van der Waals surface area contributed by atoms with E-state index < -0.39 is 23.1 Å². The highest BCUT2D eigenvalue weighted by atomic mass is 79.9. The van der Waals surface area contributed by atoms with E-state index >= 15 is 0 Å². The third kappa shape index (κ3) is 4.42. The molecule has 2 unspecified atom stereocenters. The van der Waals surface area contributed by atoms with Crippen molar-refractivity contribution in [3.8, 4) is 11.5 Å². The third-order valence-electron chi connectivity index (χ3n) is 5.73. The summed E-state index contributed by atoms with van der Waals surface area (Å²) in [5, 5.41) is 25.9. The van der Waals surface area contributed by atoms with Crippen molar-refractivity contribution in [2.24, 2.45) is 0 Å². The lowest BCUT2D eigenvalue weighted by atomic mass is 9.91. The van der Waals surface area contributed by atoms with Crippen LogP contribution >= 0.6 is 15.9 Å². The molecule has 1 aliphatic heterocycles. The number of benzene rings is 3. The molecule has 0 aromatic heterocycles. The number of phenols is 1. The van der Waals surface area contributed by atoms with E-state index in [2.05, 4.69) is 21.2 Å². The lowest BCUT2D eigenvalue weighted by molar-refractivity contribution is -0.385. The summed E-state index contributed by atoms with van der Waals surface area (Å²) in [5.41, 5.74) is 2.49. The van der Waals surface area contributed by atoms with E-state index in [0.29, 0.717) is 0 Å². The number of rotatable bonds is 6. The first kappa shape index (κ1) is 23.5. The van der Waals surface area contributed by atoms with Crippen LogP contribution in [0.15, 0.2) is 65.1 Å². The molecule has 0 aliphatic carbocycles. The number of fused-ring (bicyclic) bond motifs is 1. The number of nitro groups is 1. The van der Waals surface area contributed by atoms with Gasteiger partial charge in [0.05, 0.1) is 37.8 Å². The predicted octanol–water partition coefficient (Wildman–Crippen LogP) is 4.76. The summed E-state index contributed by atoms with van der Waals surface area (Å²) in [6.45, 7) is -0.149. The van der Waals surface area contributed by atoms with Crippen LogP contribution in [0.4, 0.5) is 11.4 Å². The number of anilines is 1. The molecule has 1 heterocycles. The number of halogens is 1. The summed E-state index contributed by atoms with van der Waals surface area (Å²) >= 11 is 3.52. The Morgan fingerprint density at radius 1 is 1.15 bits per heavy atom. The highest BCUT2D eigenvalue weighted by Gasteiger charge is 2.39. The van der Waals surface area contributed by atoms with Gasteiger partial charge in [-0.25, -0.2) is 0 Å². The Morgan fingerprint density at radius 3 is 2.53 bits per heavy atom. The Bertz CT molecular complexity index is 1240. The SMILES string of the molecule is COC(=O)CN1C(c2cc([N+](=O)[O-])cc(OC)c2O)Nc2ccc(Br)cc2C1c1ccccc1. The molecule has 2 N–H and O–H groups in total. The number of aromatic hydroxyl groups is 1. The number of methoxy groups -OCH3 is 2. The standard InChI is InChI=1S/C24H22BrN3O6/c1-33-20-12-16(28(31)32)11-18(23(20)30)24-26-19-9-8-15(25)10-17(19)22(14-6-4-3-5-7-14)27(24)13-21(29)34-2/h3-12,22,24,26,30H,13H2,1-2H3.